The van der Waals surface area contributed by atoms with Crippen molar-refractivity contribution in [3.05, 3.63) is 99.4 Å². The zero-order valence-corrected chi connectivity index (χ0v) is 19.1. The second-order valence-electron chi connectivity index (χ2n) is 7.33. The number of carbonyl (C=O) groups excluding carboxylic acids is 1. The van der Waals surface area contributed by atoms with Crippen molar-refractivity contribution in [1.82, 2.24) is 14.5 Å². The Balaban J connectivity index is 1.72. The second kappa shape index (κ2) is 9.43. The zero-order chi connectivity index (χ0) is 20.9. The van der Waals surface area contributed by atoms with Crippen molar-refractivity contribution < 1.29 is 4.79 Å². The average molecular weight is 509 g/mol. The van der Waals surface area contributed by atoms with Crippen molar-refractivity contribution >= 4 is 39.5 Å². The molecule has 0 atom stereocenters. The van der Waals surface area contributed by atoms with Crippen molar-refractivity contribution in [3.63, 3.8) is 0 Å². The number of carbonyl (C=O) groups is 1. The van der Waals surface area contributed by atoms with E-state index in [-0.39, 0.29) is 5.91 Å². The van der Waals surface area contributed by atoms with Crippen LogP contribution in [0.15, 0.2) is 78.9 Å². The zero-order valence-electron chi connectivity index (χ0n) is 17.0. The lowest BCUT2D eigenvalue weighted by Gasteiger charge is -2.23. The summed E-state index contributed by atoms with van der Waals surface area (Å²) in [7, 11) is 0. The minimum atomic E-state index is 0.0208. The van der Waals surface area contributed by atoms with E-state index >= 15 is 0 Å². The topological polar surface area (TPSA) is 38.1 Å². The first-order valence-electron chi connectivity index (χ1n) is 10.2. The van der Waals surface area contributed by atoms with E-state index in [2.05, 4.69) is 52.3 Å². The standard InChI is InChI=1S/C25H24IN3O/c1-2-15-29-23-14-7-6-13-22(23)27-24(29)18-28(17-19-9-4-3-5-10-19)25(30)20-11-8-12-21(26)16-20/h3-14,16H,2,15,17-18H2,1H3. The van der Waals surface area contributed by atoms with E-state index in [1.807, 2.05) is 65.6 Å². The van der Waals surface area contributed by atoms with Gasteiger partial charge in [0.1, 0.15) is 5.82 Å². The number of aryl methyl sites for hydroxylation is 1. The van der Waals surface area contributed by atoms with Gasteiger partial charge in [-0.2, -0.15) is 0 Å². The van der Waals surface area contributed by atoms with Crippen LogP contribution in [0.1, 0.15) is 35.1 Å². The smallest absolute Gasteiger partial charge is 0.254 e. The Morgan fingerprint density at radius 3 is 2.50 bits per heavy atom. The highest BCUT2D eigenvalue weighted by Crippen LogP contribution is 2.21. The summed E-state index contributed by atoms with van der Waals surface area (Å²) in [6.07, 6.45) is 1.01. The summed E-state index contributed by atoms with van der Waals surface area (Å²) in [6.45, 7) is 4.05. The van der Waals surface area contributed by atoms with Gasteiger partial charge in [-0.25, -0.2) is 4.98 Å². The monoisotopic (exact) mass is 509 g/mol. The number of nitrogens with zero attached hydrogens (tertiary/aromatic N) is 3. The molecule has 152 valence electrons. The Labute approximate surface area is 190 Å². The molecule has 0 radical (unpaired) electrons. The fourth-order valence-electron chi connectivity index (χ4n) is 3.70. The van der Waals surface area contributed by atoms with Crippen LogP contribution in [0.5, 0.6) is 0 Å². The van der Waals surface area contributed by atoms with Gasteiger partial charge in [-0.3, -0.25) is 4.79 Å². The lowest BCUT2D eigenvalue weighted by molar-refractivity contribution is 0.0723. The molecular weight excluding hydrogens is 485 g/mol. The number of benzene rings is 3. The third kappa shape index (κ3) is 4.56. The van der Waals surface area contributed by atoms with Crippen LogP contribution in [0.2, 0.25) is 0 Å². The first-order chi connectivity index (χ1) is 14.7. The Hall–Kier alpha value is -2.67. The first kappa shape index (κ1) is 20.6. The molecule has 0 aliphatic rings. The predicted molar refractivity (Wildman–Crippen MR) is 129 cm³/mol. The number of hydrogen-bond donors (Lipinski definition) is 0. The van der Waals surface area contributed by atoms with Gasteiger partial charge in [-0.15, -0.1) is 0 Å². The number of fused-ring (bicyclic) bond motifs is 1. The quantitative estimate of drug-likeness (QED) is 0.292. The van der Waals surface area contributed by atoms with Crippen LogP contribution in [-0.4, -0.2) is 20.4 Å². The van der Waals surface area contributed by atoms with Crippen molar-refractivity contribution in [3.8, 4) is 0 Å². The van der Waals surface area contributed by atoms with E-state index in [9.17, 15) is 4.79 Å². The molecule has 0 saturated carbocycles. The lowest BCUT2D eigenvalue weighted by atomic mass is 10.1. The fourth-order valence-corrected chi connectivity index (χ4v) is 4.24. The molecule has 0 N–H and O–H groups in total. The molecule has 1 aromatic heterocycles. The van der Waals surface area contributed by atoms with E-state index in [1.54, 1.807) is 0 Å². The molecule has 4 rings (SSSR count). The molecule has 0 spiro atoms. The maximum Gasteiger partial charge on any atom is 0.254 e. The van der Waals surface area contributed by atoms with Crippen molar-refractivity contribution in [2.24, 2.45) is 0 Å². The van der Waals surface area contributed by atoms with Crippen LogP contribution < -0.4 is 0 Å². The minimum absolute atomic E-state index is 0.0208. The van der Waals surface area contributed by atoms with Crippen molar-refractivity contribution in [1.29, 1.82) is 0 Å². The first-order valence-corrected chi connectivity index (χ1v) is 11.3. The molecule has 4 aromatic rings. The Kier molecular flexibility index (Phi) is 6.47. The number of aromatic nitrogens is 2. The number of hydrogen-bond acceptors (Lipinski definition) is 2. The fraction of sp³-hybridized carbons (Fsp3) is 0.200. The van der Waals surface area contributed by atoms with Crippen molar-refractivity contribution in [2.45, 2.75) is 33.0 Å². The van der Waals surface area contributed by atoms with E-state index < -0.39 is 0 Å². The maximum atomic E-state index is 13.5. The van der Waals surface area contributed by atoms with Gasteiger partial charge in [0.25, 0.3) is 5.91 Å². The average Bonchev–Trinajstić information content (AvgIpc) is 3.11. The summed E-state index contributed by atoms with van der Waals surface area (Å²) in [5, 5.41) is 0. The van der Waals surface area contributed by atoms with Crippen LogP contribution >= 0.6 is 22.6 Å². The van der Waals surface area contributed by atoms with Crippen LogP contribution in [0, 0.1) is 3.57 Å². The molecule has 30 heavy (non-hydrogen) atoms. The van der Waals surface area contributed by atoms with Gasteiger partial charge in [-0.05, 0) is 64.9 Å². The van der Waals surface area contributed by atoms with Crippen LogP contribution in [0.25, 0.3) is 11.0 Å². The molecule has 0 bridgehead atoms. The molecule has 0 unspecified atom stereocenters. The summed E-state index contributed by atoms with van der Waals surface area (Å²) >= 11 is 2.25. The summed E-state index contributed by atoms with van der Waals surface area (Å²) < 4.78 is 3.30. The van der Waals surface area contributed by atoms with Gasteiger partial charge in [0.2, 0.25) is 0 Å². The van der Waals surface area contributed by atoms with E-state index in [1.165, 1.54) is 0 Å². The Morgan fingerprint density at radius 1 is 0.967 bits per heavy atom. The molecule has 4 nitrogen and oxygen atoms in total. The number of imidazole rings is 1. The summed E-state index contributed by atoms with van der Waals surface area (Å²) in [5.74, 6) is 0.945. The molecule has 1 amide bonds. The van der Waals surface area contributed by atoms with Gasteiger partial charge in [-0.1, -0.05) is 55.5 Å². The number of halogens is 1. The lowest BCUT2D eigenvalue weighted by Crippen LogP contribution is -2.31. The van der Waals surface area contributed by atoms with Crippen LogP contribution in [-0.2, 0) is 19.6 Å². The van der Waals surface area contributed by atoms with E-state index in [0.29, 0.717) is 18.7 Å². The minimum Gasteiger partial charge on any atom is -0.327 e. The molecule has 0 aliphatic heterocycles. The van der Waals surface area contributed by atoms with Gasteiger partial charge >= 0.3 is 0 Å². The van der Waals surface area contributed by atoms with Gasteiger partial charge < -0.3 is 9.47 Å². The molecule has 0 saturated heterocycles. The Bertz CT molecular complexity index is 1150. The number of para-hydroxylation sites is 2. The highest BCUT2D eigenvalue weighted by molar-refractivity contribution is 14.1. The summed E-state index contributed by atoms with van der Waals surface area (Å²) in [5.41, 5.74) is 3.91. The summed E-state index contributed by atoms with van der Waals surface area (Å²) in [4.78, 5) is 20.2. The third-order valence-corrected chi connectivity index (χ3v) is 5.76. The van der Waals surface area contributed by atoms with Gasteiger partial charge in [0.15, 0.2) is 0 Å². The van der Waals surface area contributed by atoms with Crippen LogP contribution in [0.4, 0.5) is 0 Å². The predicted octanol–water partition coefficient (Wildman–Crippen LogP) is 5.89. The van der Waals surface area contributed by atoms with Crippen LogP contribution in [0.3, 0.4) is 0 Å². The largest absolute Gasteiger partial charge is 0.327 e. The maximum absolute atomic E-state index is 13.5. The third-order valence-electron chi connectivity index (χ3n) is 5.09. The normalized spacial score (nSPS) is 11.0. The van der Waals surface area contributed by atoms with Crippen molar-refractivity contribution in [2.75, 3.05) is 0 Å². The molecular formula is C25H24IN3O. The second-order valence-corrected chi connectivity index (χ2v) is 8.57. The Morgan fingerprint density at radius 2 is 1.73 bits per heavy atom. The molecule has 1 heterocycles. The van der Waals surface area contributed by atoms with Gasteiger partial charge in [0, 0.05) is 22.2 Å². The summed E-state index contributed by atoms with van der Waals surface area (Å²) in [6, 6.07) is 26.1. The molecule has 5 heteroatoms. The number of rotatable bonds is 7. The molecule has 3 aromatic carbocycles. The highest BCUT2D eigenvalue weighted by Gasteiger charge is 2.20. The SMILES string of the molecule is CCCn1c(CN(Cc2ccccc2)C(=O)c2cccc(I)c2)nc2ccccc21. The molecule has 0 fully saturated rings. The van der Waals surface area contributed by atoms with E-state index in [0.717, 1.165) is 39.0 Å². The van der Waals surface area contributed by atoms with E-state index in [4.69, 9.17) is 4.98 Å². The highest BCUT2D eigenvalue weighted by atomic mass is 127. The molecule has 0 aliphatic carbocycles. The number of amides is 1. The van der Waals surface area contributed by atoms with Gasteiger partial charge in [0.05, 0.1) is 17.6 Å².